The maximum atomic E-state index is 12.1. The van der Waals surface area contributed by atoms with Gasteiger partial charge in [0.1, 0.15) is 11.8 Å². The van der Waals surface area contributed by atoms with E-state index in [4.69, 9.17) is 0 Å². The first-order valence-electron chi connectivity index (χ1n) is 6.58. The Morgan fingerprint density at radius 1 is 1.35 bits per heavy atom. The zero-order valence-electron chi connectivity index (χ0n) is 11.2. The Balaban J connectivity index is 2.16. The average molecular weight is 279 g/mol. The molecule has 6 nitrogen and oxygen atoms in total. The SMILES string of the molecule is CC1CCC(NC(=O)c2ccc(=O)oc2)(C(=O)O)CC1. The second-order valence-corrected chi connectivity index (χ2v) is 5.37. The maximum absolute atomic E-state index is 12.1. The molecule has 0 aliphatic heterocycles. The summed E-state index contributed by atoms with van der Waals surface area (Å²) in [4.78, 5) is 34.4. The van der Waals surface area contributed by atoms with E-state index < -0.39 is 23.0 Å². The van der Waals surface area contributed by atoms with Crippen molar-refractivity contribution < 1.29 is 19.1 Å². The van der Waals surface area contributed by atoms with Crippen molar-refractivity contribution in [1.82, 2.24) is 5.32 Å². The Kier molecular flexibility index (Phi) is 3.92. The van der Waals surface area contributed by atoms with Gasteiger partial charge in [0, 0.05) is 6.07 Å². The van der Waals surface area contributed by atoms with E-state index in [0.29, 0.717) is 18.8 Å². The predicted octanol–water partition coefficient (Wildman–Crippen LogP) is 1.40. The topological polar surface area (TPSA) is 96.6 Å². The van der Waals surface area contributed by atoms with Gasteiger partial charge in [0.25, 0.3) is 5.91 Å². The number of carboxylic acid groups (broad SMARTS) is 1. The van der Waals surface area contributed by atoms with Crippen LogP contribution in [0.25, 0.3) is 0 Å². The van der Waals surface area contributed by atoms with Gasteiger partial charge in [-0.25, -0.2) is 9.59 Å². The summed E-state index contributed by atoms with van der Waals surface area (Å²) in [5.41, 5.74) is -1.63. The van der Waals surface area contributed by atoms with E-state index in [0.717, 1.165) is 25.2 Å². The van der Waals surface area contributed by atoms with Crippen LogP contribution in [0.2, 0.25) is 0 Å². The molecule has 1 aliphatic carbocycles. The van der Waals surface area contributed by atoms with E-state index in [1.807, 2.05) is 0 Å². The quantitative estimate of drug-likeness (QED) is 0.871. The van der Waals surface area contributed by atoms with Crippen LogP contribution in [0.5, 0.6) is 0 Å². The zero-order valence-corrected chi connectivity index (χ0v) is 11.2. The summed E-state index contributed by atoms with van der Waals surface area (Å²) in [6.07, 6.45) is 3.38. The highest BCUT2D eigenvalue weighted by atomic mass is 16.4. The molecule has 1 amide bonds. The zero-order chi connectivity index (χ0) is 14.8. The number of aliphatic carboxylic acids is 1. The fourth-order valence-electron chi connectivity index (χ4n) is 2.42. The summed E-state index contributed by atoms with van der Waals surface area (Å²) in [7, 11) is 0. The molecule has 0 saturated heterocycles. The molecule has 2 rings (SSSR count). The minimum absolute atomic E-state index is 0.142. The lowest BCUT2D eigenvalue weighted by Crippen LogP contribution is -2.56. The summed E-state index contributed by atoms with van der Waals surface area (Å²) < 4.78 is 4.62. The van der Waals surface area contributed by atoms with E-state index >= 15 is 0 Å². The van der Waals surface area contributed by atoms with Crippen LogP contribution < -0.4 is 10.9 Å². The van der Waals surface area contributed by atoms with Gasteiger partial charge in [-0.2, -0.15) is 0 Å². The molecule has 0 bridgehead atoms. The average Bonchev–Trinajstić information content (AvgIpc) is 2.42. The van der Waals surface area contributed by atoms with E-state index in [1.54, 1.807) is 0 Å². The van der Waals surface area contributed by atoms with Crippen molar-refractivity contribution in [2.45, 2.75) is 38.1 Å². The van der Waals surface area contributed by atoms with E-state index in [2.05, 4.69) is 16.7 Å². The number of rotatable bonds is 3. The molecule has 0 atom stereocenters. The molecule has 0 spiro atoms. The third kappa shape index (κ3) is 2.89. The molecule has 1 saturated carbocycles. The molecule has 0 unspecified atom stereocenters. The standard InChI is InChI=1S/C14H17NO5/c1-9-4-6-14(7-5-9,13(18)19)15-12(17)10-2-3-11(16)20-8-10/h2-3,8-9H,4-7H2,1H3,(H,15,17)(H,18,19). The smallest absolute Gasteiger partial charge is 0.335 e. The maximum Gasteiger partial charge on any atom is 0.335 e. The summed E-state index contributed by atoms with van der Waals surface area (Å²) in [6.45, 7) is 2.07. The van der Waals surface area contributed by atoms with Crippen LogP contribution in [0.3, 0.4) is 0 Å². The molecule has 1 aromatic rings. The van der Waals surface area contributed by atoms with Crippen LogP contribution in [0, 0.1) is 5.92 Å². The largest absolute Gasteiger partial charge is 0.480 e. The van der Waals surface area contributed by atoms with Gasteiger partial charge < -0.3 is 14.8 Å². The summed E-state index contributed by atoms with van der Waals surface area (Å²) in [5.74, 6) is -1.09. The lowest BCUT2D eigenvalue weighted by molar-refractivity contribution is -0.146. The molecule has 1 aliphatic rings. The molecule has 108 valence electrons. The van der Waals surface area contributed by atoms with Crippen molar-refractivity contribution in [2.24, 2.45) is 5.92 Å². The van der Waals surface area contributed by atoms with Crippen LogP contribution in [0.1, 0.15) is 43.0 Å². The second kappa shape index (κ2) is 5.48. The monoisotopic (exact) mass is 279 g/mol. The second-order valence-electron chi connectivity index (χ2n) is 5.37. The molecule has 2 N–H and O–H groups in total. The van der Waals surface area contributed by atoms with Crippen molar-refractivity contribution in [3.05, 3.63) is 34.4 Å². The molecular formula is C14H17NO5. The normalized spacial score (nSPS) is 25.9. The fraction of sp³-hybridized carbons (Fsp3) is 0.500. The van der Waals surface area contributed by atoms with Gasteiger partial charge in [-0.05, 0) is 37.7 Å². The Morgan fingerprint density at radius 3 is 2.50 bits per heavy atom. The Bertz CT molecular complexity index is 549. The van der Waals surface area contributed by atoms with Gasteiger partial charge in [-0.1, -0.05) is 6.92 Å². The summed E-state index contributed by atoms with van der Waals surface area (Å²) in [6, 6.07) is 2.45. The van der Waals surface area contributed by atoms with Crippen LogP contribution >= 0.6 is 0 Å². The van der Waals surface area contributed by atoms with E-state index in [1.165, 1.54) is 6.07 Å². The van der Waals surface area contributed by atoms with Gasteiger partial charge in [0.2, 0.25) is 0 Å². The van der Waals surface area contributed by atoms with Crippen molar-refractivity contribution in [3.63, 3.8) is 0 Å². The Morgan fingerprint density at radius 2 is 2.00 bits per heavy atom. The molecule has 6 heteroatoms. The first-order valence-corrected chi connectivity index (χ1v) is 6.58. The number of hydrogen-bond acceptors (Lipinski definition) is 4. The fourth-order valence-corrected chi connectivity index (χ4v) is 2.42. The molecule has 1 heterocycles. The predicted molar refractivity (Wildman–Crippen MR) is 70.4 cm³/mol. The number of carbonyl (C=O) groups is 2. The lowest BCUT2D eigenvalue weighted by Gasteiger charge is -2.36. The van der Waals surface area contributed by atoms with Crippen LogP contribution in [0.4, 0.5) is 0 Å². The van der Waals surface area contributed by atoms with Crippen LogP contribution in [0.15, 0.2) is 27.6 Å². The molecule has 20 heavy (non-hydrogen) atoms. The number of carboxylic acids is 1. The first kappa shape index (κ1) is 14.3. The molecule has 0 aromatic carbocycles. The lowest BCUT2D eigenvalue weighted by atomic mass is 9.77. The number of amides is 1. The molecule has 0 radical (unpaired) electrons. The Hall–Kier alpha value is -2.11. The highest BCUT2D eigenvalue weighted by molar-refractivity contribution is 5.97. The first-order chi connectivity index (χ1) is 9.43. The van der Waals surface area contributed by atoms with Gasteiger partial charge >= 0.3 is 11.6 Å². The van der Waals surface area contributed by atoms with Gasteiger partial charge in [0.05, 0.1) is 5.56 Å². The minimum atomic E-state index is -1.22. The number of carbonyl (C=O) groups excluding carboxylic acids is 1. The third-order valence-corrected chi connectivity index (χ3v) is 3.85. The number of nitrogens with one attached hydrogen (secondary N) is 1. The minimum Gasteiger partial charge on any atom is -0.480 e. The molecular weight excluding hydrogens is 262 g/mol. The number of hydrogen-bond donors (Lipinski definition) is 2. The highest BCUT2D eigenvalue weighted by Crippen LogP contribution is 2.32. The van der Waals surface area contributed by atoms with Gasteiger partial charge in [-0.15, -0.1) is 0 Å². The summed E-state index contributed by atoms with van der Waals surface area (Å²) >= 11 is 0. The van der Waals surface area contributed by atoms with Crippen LogP contribution in [-0.4, -0.2) is 22.5 Å². The van der Waals surface area contributed by atoms with E-state index in [-0.39, 0.29) is 5.56 Å². The molecule has 1 aromatic heterocycles. The summed E-state index contributed by atoms with van der Waals surface area (Å²) in [5, 5.41) is 12.0. The van der Waals surface area contributed by atoms with Crippen molar-refractivity contribution in [3.8, 4) is 0 Å². The highest BCUT2D eigenvalue weighted by Gasteiger charge is 2.42. The Labute approximate surface area is 115 Å². The van der Waals surface area contributed by atoms with Crippen molar-refractivity contribution in [2.75, 3.05) is 0 Å². The van der Waals surface area contributed by atoms with Crippen molar-refractivity contribution >= 4 is 11.9 Å². The van der Waals surface area contributed by atoms with Crippen LogP contribution in [-0.2, 0) is 4.79 Å². The van der Waals surface area contributed by atoms with Gasteiger partial charge in [0.15, 0.2) is 0 Å². The molecule has 1 fully saturated rings. The van der Waals surface area contributed by atoms with Crippen molar-refractivity contribution in [1.29, 1.82) is 0 Å². The van der Waals surface area contributed by atoms with Gasteiger partial charge in [-0.3, -0.25) is 4.79 Å². The van der Waals surface area contributed by atoms with E-state index in [9.17, 15) is 19.5 Å². The third-order valence-electron chi connectivity index (χ3n) is 3.85.